The maximum atomic E-state index is 10.9. The molecule has 2 aromatic rings. The molecule has 0 saturated heterocycles. The molecule has 0 spiro atoms. The summed E-state index contributed by atoms with van der Waals surface area (Å²) in [5.74, 6) is 1.07. The lowest BCUT2D eigenvalue weighted by atomic mass is 10.2. The number of anilines is 1. The number of rotatable bonds is 5. The van der Waals surface area contributed by atoms with Gasteiger partial charge >= 0.3 is 0 Å². The number of nitro benzene ring substituents is 1. The Morgan fingerprint density at radius 2 is 2.05 bits per heavy atom. The number of hydrogen-bond donors (Lipinski definition) is 1. The van der Waals surface area contributed by atoms with Gasteiger partial charge in [0.15, 0.2) is 0 Å². The van der Waals surface area contributed by atoms with Gasteiger partial charge in [0, 0.05) is 22.4 Å². The van der Waals surface area contributed by atoms with E-state index in [0.29, 0.717) is 11.5 Å². The molecule has 0 heterocycles. The van der Waals surface area contributed by atoms with E-state index in [4.69, 9.17) is 10.5 Å². The highest BCUT2D eigenvalue weighted by atomic mass is 32.2. The lowest BCUT2D eigenvalue weighted by Crippen LogP contribution is -1.94. The largest absolute Gasteiger partial charge is 0.496 e. The zero-order valence-electron chi connectivity index (χ0n) is 11.8. The van der Waals surface area contributed by atoms with Crippen molar-refractivity contribution in [1.29, 1.82) is 0 Å². The van der Waals surface area contributed by atoms with Gasteiger partial charge in [-0.1, -0.05) is 6.07 Å². The number of methoxy groups -OCH3 is 1. The van der Waals surface area contributed by atoms with Crippen LogP contribution in [0.4, 0.5) is 11.4 Å². The summed E-state index contributed by atoms with van der Waals surface area (Å²) in [4.78, 5) is 11.5. The fourth-order valence-corrected chi connectivity index (χ4v) is 2.79. The minimum Gasteiger partial charge on any atom is -0.496 e. The molecule has 110 valence electrons. The van der Waals surface area contributed by atoms with Crippen LogP contribution in [0.2, 0.25) is 0 Å². The van der Waals surface area contributed by atoms with Gasteiger partial charge in [0.1, 0.15) is 5.75 Å². The van der Waals surface area contributed by atoms with E-state index in [1.165, 1.54) is 13.2 Å². The molecule has 0 aliphatic rings. The summed E-state index contributed by atoms with van der Waals surface area (Å²) in [5, 5.41) is 10.9. The van der Waals surface area contributed by atoms with E-state index in [9.17, 15) is 10.1 Å². The summed E-state index contributed by atoms with van der Waals surface area (Å²) in [7, 11) is 1.49. The SMILES string of the molecule is COc1cc(CSc2ccc(C)cc2N)cc([N+](=O)[O-])c1. The molecule has 6 heteroatoms. The molecule has 0 bridgehead atoms. The molecule has 0 radical (unpaired) electrons. The molecule has 2 rings (SSSR count). The van der Waals surface area contributed by atoms with E-state index in [1.54, 1.807) is 23.9 Å². The average molecular weight is 304 g/mol. The van der Waals surface area contributed by atoms with Gasteiger partial charge in [-0.2, -0.15) is 0 Å². The summed E-state index contributed by atoms with van der Waals surface area (Å²) in [6.07, 6.45) is 0. The maximum absolute atomic E-state index is 10.9. The number of nitrogen functional groups attached to an aromatic ring is 1. The predicted molar refractivity (Wildman–Crippen MR) is 84.8 cm³/mol. The van der Waals surface area contributed by atoms with E-state index in [0.717, 1.165) is 21.7 Å². The van der Waals surface area contributed by atoms with Crippen molar-refractivity contribution in [2.75, 3.05) is 12.8 Å². The number of thioether (sulfide) groups is 1. The highest BCUT2D eigenvalue weighted by molar-refractivity contribution is 7.98. The normalized spacial score (nSPS) is 10.4. The molecule has 0 aliphatic carbocycles. The molecule has 21 heavy (non-hydrogen) atoms. The number of aryl methyl sites for hydroxylation is 1. The van der Waals surface area contributed by atoms with Gasteiger partial charge in [0.25, 0.3) is 5.69 Å². The fraction of sp³-hybridized carbons (Fsp3) is 0.200. The van der Waals surface area contributed by atoms with Crippen LogP contribution in [-0.2, 0) is 5.75 Å². The second-order valence-electron chi connectivity index (χ2n) is 4.63. The van der Waals surface area contributed by atoms with Crippen LogP contribution in [0.3, 0.4) is 0 Å². The van der Waals surface area contributed by atoms with Gasteiger partial charge in [0.2, 0.25) is 0 Å². The van der Waals surface area contributed by atoms with Crippen molar-refractivity contribution in [2.24, 2.45) is 0 Å². The first kappa shape index (κ1) is 15.2. The van der Waals surface area contributed by atoms with Gasteiger partial charge in [-0.25, -0.2) is 0 Å². The molecular formula is C15H16N2O3S. The van der Waals surface area contributed by atoms with Crippen molar-refractivity contribution in [2.45, 2.75) is 17.6 Å². The van der Waals surface area contributed by atoms with Crippen LogP contribution in [0.15, 0.2) is 41.3 Å². The lowest BCUT2D eigenvalue weighted by Gasteiger charge is -2.08. The first-order chi connectivity index (χ1) is 9.99. The quantitative estimate of drug-likeness (QED) is 0.393. The summed E-state index contributed by atoms with van der Waals surface area (Å²) in [6.45, 7) is 1.98. The first-order valence-electron chi connectivity index (χ1n) is 6.31. The lowest BCUT2D eigenvalue weighted by molar-refractivity contribution is -0.385. The Bertz CT molecular complexity index is 674. The number of nitro groups is 1. The average Bonchev–Trinajstić information content (AvgIpc) is 2.46. The highest BCUT2D eigenvalue weighted by Crippen LogP contribution is 2.31. The molecule has 5 nitrogen and oxygen atoms in total. The van der Waals surface area contributed by atoms with Crippen LogP contribution < -0.4 is 10.5 Å². The third-order valence-corrected chi connectivity index (χ3v) is 4.12. The Balaban J connectivity index is 2.19. The van der Waals surface area contributed by atoms with E-state index >= 15 is 0 Å². The van der Waals surface area contributed by atoms with Crippen LogP contribution in [0, 0.1) is 17.0 Å². The fourth-order valence-electron chi connectivity index (χ4n) is 1.91. The van der Waals surface area contributed by atoms with Crippen molar-refractivity contribution < 1.29 is 9.66 Å². The summed E-state index contributed by atoms with van der Waals surface area (Å²) >= 11 is 1.55. The Morgan fingerprint density at radius 1 is 1.29 bits per heavy atom. The van der Waals surface area contributed by atoms with Crippen molar-refractivity contribution in [1.82, 2.24) is 0 Å². The van der Waals surface area contributed by atoms with Crippen LogP contribution >= 0.6 is 11.8 Å². The summed E-state index contributed by atoms with van der Waals surface area (Å²) in [5.41, 5.74) is 8.65. The standard InChI is InChI=1S/C15H16N2O3S/c1-10-3-4-15(14(16)5-10)21-9-11-6-12(17(18)19)8-13(7-11)20-2/h3-8H,9,16H2,1-2H3. The minimum absolute atomic E-state index is 0.0295. The summed E-state index contributed by atoms with van der Waals surface area (Å²) < 4.78 is 5.10. The Labute approximate surface area is 127 Å². The Kier molecular flexibility index (Phi) is 4.70. The zero-order valence-corrected chi connectivity index (χ0v) is 12.6. The zero-order chi connectivity index (χ0) is 15.4. The number of non-ortho nitro benzene ring substituents is 1. The molecule has 0 amide bonds. The smallest absolute Gasteiger partial charge is 0.273 e. The van der Waals surface area contributed by atoms with Gasteiger partial charge in [-0.05, 0) is 36.2 Å². The van der Waals surface area contributed by atoms with Crippen molar-refractivity contribution in [3.63, 3.8) is 0 Å². The van der Waals surface area contributed by atoms with Crippen LogP contribution in [0.5, 0.6) is 5.75 Å². The molecule has 2 N–H and O–H groups in total. The van der Waals surface area contributed by atoms with Crippen molar-refractivity contribution in [3.05, 3.63) is 57.6 Å². The van der Waals surface area contributed by atoms with Crippen molar-refractivity contribution >= 4 is 23.1 Å². The van der Waals surface area contributed by atoms with Crippen LogP contribution in [0.1, 0.15) is 11.1 Å². The second-order valence-corrected chi connectivity index (χ2v) is 5.64. The monoisotopic (exact) mass is 304 g/mol. The van der Waals surface area contributed by atoms with E-state index in [1.807, 2.05) is 25.1 Å². The van der Waals surface area contributed by atoms with Crippen molar-refractivity contribution in [3.8, 4) is 5.75 Å². The third-order valence-electron chi connectivity index (χ3n) is 2.96. The molecule has 2 aromatic carbocycles. The molecule has 0 aromatic heterocycles. The topological polar surface area (TPSA) is 78.4 Å². The Morgan fingerprint density at radius 3 is 2.67 bits per heavy atom. The third kappa shape index (κ3) is 3.88. The van der Waals surface area contributed by atoms with Gasteiger partial charge in [0.05, 0.1) is 18.1 Å². The molecule has 0 saturated carbocycles. The molecule has 0 atom stereocenters. The van der Waals surface area contributed by atoms with E-state index in [-0.39, 0.29) is 5.69 Å². The van der Waals surface area contributed by atoms with Gasteiger partial charge < -0.3 is 10.5 Å². The van der Waals surface area contributed by atoms with Gasteiger partial charge in [-0.15, -0.1) is 11.8 Å². The number of hydrogen-bond acceptors (Lipinski definition) is 5. The highest BCUT2D eigenvalue weighted by Gasteiger charge is 2.11. The number of benzene rings is 2. The molecular weight excluding hydrogens is 288 g/mol. The predicted octanol–water partition coefficient (Wildman–Crippen LogP) is 3.79. The van der Waals surface area contributed by atoms with Gasteiger partial charge in [-0.3, -0.25) is 10.1 Å². The number of nitrogens with zero attached hydrogens (tertiary/aromatic N) is 1. The maximum Gasteiger partial charge on any atom is 0.273 e. The molecule has 0 unspecified atom stereocenters. The summed E-state index contributed by atoms with van der Waals surface area (Å²) in [6, 6.07) is 10.6. The van der Waals surface area contributed by atoms with Crippen LogP contribution in [0.25, 0.3) is 0 Å². The number of nitrogens with two attached hydrogens (primary N) is 1. The first-order valence-corrected chi connectivity index (χ1v) is 7.29. The second kappa shape index (κ2) is 6.49. The Hall–Kier alpha value is -2.21. The minimum atomic E-state index is -0.420. The molecule has 0 fully saturated rings. The van der Waals surface area contributed by atoms with E-state index in [2.05, 4.69) is 0 Å². The number of ether oxygens (including phenoxy) is 1. The van der Waals surface area contributed by atoms with Crippen LogP contribution in [-0.4, -0.2) is 12.0 Å². The molecule has 0 aliphatic heterocycles. The van der Waals surface area contributed by atoms with E-state index < -0.39 is 4.92 Å².